The van der Waals surface area contributed by atoms with Gasteiger partial charge in [-0.15, -0.1) is 11.3 Å². The van der Waals surface area contributed by atoms with Gasteiger partial charge in [0.2, 0.25) is 21.8 Å². The van der Waals surface area contributed by atoms with Gasteiger partial charge in [0.05, 0.1) is 10.6 Å². The highest BCUT2D eigenvalue weighted by Gasteiger charge is 2.27. The predicted molar refractivity (Wildman–Crippen MR) is 130 cm³/mol. The lowest BCUT2D eigenvalue weighted by molar-refractivity contribution is -0.134. The average Bonchev–Trinajstić information content (AvgIpc) is 3.22. The van der Waals surface area contributed by atoms with Crippen molar-refractivity contribution in [3.05, 3.63) is 40.9 Å². The number of nitrogens with zero attached hydrogens (tertiary/aromatic N) is 3. The molecule has 1 fully saturated rings. The Labute approximate surface area is 200 Å². The molecule has 0 aliphatic carbocycles. The molecule has 1 aromatic carbocycles. The van der Waals surface area contributed by atoms with E-state index < -0.39 is 10.0 Å². The van der Waals surface area contributed by atoms with Crippen LogP contribution in [0.4, 0.5) is 5.13 Å². The lowest BCUT2D eigenvalue weighted by Crippen LogP contribution is -2.41. The molecular weight excluding hydrogens is 460 g/mol. The molecule has 2 aromatic rings. The summed E-state index contributed by atoms with van der Waals surface area (Å²) in [5.74, 6) is -0.0843. The van der Waals surface area contributed by atoms with Crippen LogP contribution in [0.1, 0.15) is 44.4 Å². The summed E-state index contributed by atoms with van der Waals surface area (Å²) in [6.07, 6.45) is 2.19. The molecule has 0 atom stereocenters. The van der Waals surface area contributed by atoms with Crippen molar-refractivity contribution in [2.24, 2.45) is 5.92 Å². The molecule has 1 saturated heterocycles. The number of aromatic nitrogens is 1. The molecular formula is C23H32N4O4S2. The minimum Gasteiger partial charge on any atom is -0.343 e. The quantitative estimate of drug-likeness (QED) is 0.579. The summed E-state index contributed by atoms with van der Waals surface area (Å²) in [5.41, 5.74) is 1.81. The number of hydrogen-bond acceptors (Lipinski definition) is 6. The Morgan fingerprint density at radius 1 is 1.15 bits per heavy atom. The maximum Gasteiger partial charge on any atom is 0.243 e. The number of aryl methyl sites for hydroxylation is 2. The first-order valence-electron chi connectivity index (χ1n) is 11.3. The number of piperidine rings is 1. The van der Waals surface area contributed by atoms with Crippen LogP contribution in [0.3, 0.4) is 0 Å². The lowest BCUT2D eigenvalue weighted by Gasteiger charge is -2.31. The van der Waals surface area contributed by atoms with Crippen molar-refractivity contribution in [3.63, 3.8) is 0 Å². The molecule has 2 amide bonds. The average molecular weight is 493 g/mol. The topological polar surface area (TPSA) is 99.7 Å². The SMILES string of the molecule is CCN(CC)S(=O)(=O)c1ccc(CCC(=O)N2CCC(C(=O)Nc3nc(C)cs3)CC2)cc1. The van der Waals surface area contributed by atoms with Gasteiger partial charge >= 0.3 is 0 Å². The molecule has 0 spiro atoms. The van der Waals surface area contributed by atoms with Crippen LogP contribution in [0.25, 0.3) is 0 Å². The largest absolute Gasteiger partial charge is 0.343 e. The Bertz CT molecular complexity index is 1050. The monoisotopic (exact) mass is 492 g/mol. The molecule has 10 heteroatoms. The van der Waals surface area contributed by atoms with Crippen LogP contribution in [-0.4, -0.2) is 60.6 Å². The summed E-state index contributed by atoms with van der Waals surface area (Å²) in [6.45, 7) is 7.51. The molecule has 8 nitrogen and oxygen atoms in total. The fourth-order valence-corrected chi connectivity index (χ4v) is 6.11. The molecule has 1 aromatic heterocycles. The van der Waals surface area contributed by atoms with Gasteiger partial charge < -0.3 is 10.2 Å². The van der Waals surface area contributed by atoms with E-state index in [2.05, 4.69) is 10.3 Å². The van der Waals surface area contributed by atoms with Crippen LogP contribution in [0.5, 0.6) is 0 Å². The molecule has 1 N–H and O–H groups in total. The number of nitrogens with one attached hydrogen (secondary N) is 1. The Morgan fingerprint density at radius 2 is 1.79 bits per heavy atom. The van der Waals surface area contributed by atoms with Crippen LogP contribution in [-0.2, 0) is 26.0 Å². The maximum absolute atomic E-state index is 12.6. The van der Waals surface area contributed by atoms with Crippen molar-refractivity contribution in [2.75, 3.05) is 31.5 Å². The molecule has 33 heavy (non-hydrogen) atoms. The van der Waals surface area contributed by atoms with Gasteiger partial charge in [-0.05, 0) is 43.9 Å². The molecule has 1 aliphatic heterocycles. The highest BCUT2D eigenvalue weighted by molar-refractivity contribution is 7.89. The zero-order chi connectivity index (χ0) is 24.0. The van der Waals surface area contributed by atoms with Gasteiger partial charge in [0, 0.05) is 43.9 Å². The number of carbonyl (C=O) groups excluding carboxylic acids is 2. The van der Waals surface area contributed by atoms with Crippen molar-refractivity contribution < 1.29 is 18.0 Å². The minimum absolute atomic E-state index is 0.0313. The van der Waals surface area contributed by atoms with E-state index in [4.69, 9.17) is 0 Å². The number of likely N-dealkylation sites (tertiary alicyclic amines) is 1. The third kappa shape index (κ3) is 6.39. The number of thiazole rings is 1. The van der Waals surface area contributed by atoms with Crippen LogP contribution >= 0.6 is 11.3 Å². The van der Waals surface area contributed by atoms with E-state index in [0.717, 1.165) is 11.3 Å². The summed E-state index contributed by atoms with van der Waals surface area (Å²) in [6, 6.07) is 6.78. The second kappa shape index (κ2) is 11.2. The fourth-order valence-electron chi connectivity index (χ4n) is 3.96. The number of sulfonamides is 1. The lowest BCUT2D eigenvalue weighted by atomic mass is 9.95. The summed E-state index contributed by atoms with van der Waals surface area (Å²) in [5, 5.41) is 5.39. The van der Waals surface area contributed by atoms with Crippen molar-refractivity contribution in [1.82, 2.24) is 14.2 Å². The number of amides is 2. The summed E-state index contributed by atoms with van der Waals surface area (Å²) in [4.78, 5) is 31.5. The predicted octanol–water partition coefficient (Wildman–Crippen LogP) is 3.29. The van der Waals surface area contributed by atoms with Gasteiger partial charge in [0.1, 0.15) is 0 Å². The molecule has 180 valence electrons. The van der Waals surface area contributed by atoms with Gasteiger partial charge in [-0.1, -0.05) is 26.0 Å². The smallest absolute Gasteiger partial charge is 0.243 e. The number of carbonyl (C=O) groups is 2. The molecule has 1 aliphatic rings. The van der Waals surface area contributed by atoms with Crippen LogP contribution < -0.4 is 5.32 Å². The van der Waals surface area contributed by atoms with Crippen molar-refractivity contribution in [2.45, 2.75) is 51.3 Å². The van der Waals surface area contributed by atoms with Crippen LogP contribution in [0.2, 0.25) is 0 Å². The second-order valence-corrected chi connectivity index (χ2v) is 11.0. The Morgan fingerprint density at radius 3 is 2.33 bits per heavy atom. The molecule has 0 bridgehead atoms. The number of anilines is 1. The molecule has 2 heterocycles. The minimum atomic E-state index is -3.48. The number of rotatable bonds is 9. The summed E-state index contributed by atoms with van der Waals surface area (Å²) in [7, 11) is -3.48. The fraction of sp³-hybridized carbons (Fsp3) is 0.522. The van der Waals surface area contributed by atoms with E-state index in [0.29, 0.717) is 57.0 Å². The van der Waals surface area contributed by atoms with Gasteiger partial charge in [0.25, 0.3) is 0 Å². The van der Waals surface area contributed by atoms with E-state index in [1.54, 1.807) is 24.3 Å². The van der Waals surface area contributed by atoms with E-state index in [-0.39, 0.29) is 22.6 Å². The molecule has 0 radical (unpaired) electrons. The second-order valence-electron chi connectivity index (χ2n) is 8.17. The molecule has 3 rings (SSSR count). The van der Waals surface area contributed by atoms with E-state index in [1.807, 2.05) is 31.1 Å². The zero-order valence-electron chi connectivity index (χ0n) is 19.4. The Balaban J connectivity index is 1.46. The first-order valence-corrected chi connectivity index (χ1v) is 13.7. The van der Waals surface area contributed by atoms with Crippen LogP contribution in [0, 0.1) is 12.8 Å². The van der Waals surface area contributed by atoms with E-state index in [9.17, 15) is 18.0 Å². The van der Waals surface area contributed by atoms with Crippen LogP contribution in [0.15, 0.2) is 34.5 Å². The number of hydrogen-bond donors (Lipinski definition) is 1. The highest BCUT2D eigenvalue weighted by Crippen LogP contribution is 2.22. The summed E-state index contributed by atoms with van der Waals surface area (Å²) < 4.78 is 26.6. The summed E-state index contributed by atoms with van der Waals surface area (Å²) >= 11 is 1.41. The molecule has 0 saturated carbocycles. The van der Waals surface area contributed by atoms with Crippen molar-refractivity contribution in [3.8, 4) is 0 Å². The molecule has 0 unspecified atom stereocenters. The normalized spacial score (nSPS) is 15.1. The van der Waals surface area contributed by atoms with E-state index in [1.165, 1.54) is 15.6 Å². The van der Waals surface area contributed by atoms with Gasteiger partial charge in [-0.2, -0.15) is 4.31 Å². The standard InChI is InChI=1S/C23H32N4O4S2/c1-4-27(5-2)33(30,31)20-9-6-18(7-10-20)8-11-21(28)26-14-12-19(13-15-26)22(29)25-23-24-17(3)16-32-23/h6-7,9-10,16,19H,4-5,8,11-15H2,1-3H3,(H,24,25,29). The highest BCUT2D eigenvalue weighted by atomic mass is 32.2. The van der Waals surface area contributed by atoms with Gasteiger partial charge in [-0.25, -0.2) is 13.4 Å². The number of benzene rings is 1. The van der Waals surface area contributed by atoms with Crippen molar-refractivity contribution >= 4 is 38.3 Å². The first kappa shape index (κ1) is 25.3. The van der Waals surface area contributed by atoms with E-state index >= 15 is 0 Å². The zero-order valence-corrected chi connectivity index (χ0v) is 21.0. The maximum atomic E-state index is 12.6. The van der Waals surface area contributed by atoms with Crippen molar-refractivity contribution in [1.29, 1.82) is 0 Å². The van der Waals surface area contributed by atoms with Gasteiger partial charge in [0.15, 0.2) is 5.13 Å². The Kier molecular flexibility index (Phi) is 8.61. The third-order valence-electron chi connectivity index (χ3n) is 5.96. The third-order valence-corrected chi connectivity index (χ3v) is 8.90. The first-order chi connectivity index (χ1) is 15.7. The van der Waals surface area contributed by atoms with Gasteiger partial charge in [-0.3, -0.25) is 9.59 Å². The Hall–Kier alpha value is -2.30.